The zero-order valence-corrected chi connectivity index (χ0v) is 16.0. The van der Waals surface area contributed by atoms with Crippen molar-refractivity contribution in [3.8, 4) is 5.75 Å². The molecular formula is C19H24N4O3S. The number of benzene rings is 2. The Balaban J connectivity index is 1.61. The third-order valence-electron chi connectivity index (χ3n) is 4.20. The number of guanidine groups is 1. The minimum atomic E-state index is -3.72. The molecule has 1 atom stereocenters. The van der Waals surface area contributed by atoms with E-state index in [-0.39, 0.29) is 11.0 Å². The second kappa shape index (κ2) is 8.41. The molecule has 2 aromatic rings. The molecular weight excluding hydrogens is 364 g/mol. The normalized spacial score (nSPS) is 16.5. The van der Waals surface area contributed by atoms with Gasteiger partial charge in [-0.3, -0.25) is 0 Å². The Hall–Kier alpha value is -2.58. The van der Waals surface area contributed by atoms with E-state index in [0.29, 0.717) is 19.0 Å². The van der Waals surface area contributed by atoms with Gasteiger partial charge in [-0.1, -0.05) is 30.3 Å². The van der Waals surface area contributed by atoms with E-state index in [0.717, 1.165) is 24.3 Å². The smallest absolute Gasteiger partial charge is 0.238 e. The van der Waals surface area contributed by atoms with Gasteiger partial charge in [-0.05, 0) is 36.2 Å². The summed E-state index contributed by atoms with van der Waals surface area (Å²) in [5.74, 6) is 1.59. The van der Waals surface area contributed by atoms with Gasteiger partial charge in [0.15, 0.2) is 5.96 Å². The molecule has 1 aliphatic heterocycles. The van der Waals surface area contributed by atoms with Crippen LogP contribution in [0.5, 0.6) is 5.75 Å². The van der Waals surface area contributed by atoms with Crippen molar-refractivity contribution in [2.75, 3.05) is 13.1 Å². The van der Waals surface area contributed by atoms with E-state index in [1.165, 1.54) is 11.6 Å². The average Bonchev–Trinajstić information content (AvgIpc) is 3.06. The van der Waals surface area contributed by atoms with Crippen LogP contribution < -0.4 is 20.5 Å². The second-order valence-corrected chi connectivity index (χ2v) is 7.88. The maximum absolute atomic E-state index is 11.5. The average molecular weight is 388 g/mol. The van der Waals surface area contributed by atoms with Crippen LogP contribution in [0.25, 0.3) is 0 Å². The number of nitrogens with zero attached hydrogens (tertiary/aromatic N) is 1. The molecule has 0 saturated heterocycles. The van der Waals surface area contributed by atoms with Gasteiger partial charge >= 0.3 is 0 Å². The fraction of sp³-hybridized carbons (Fsp3) is 0.316. The molecule has 27 heavy (non-hydrogen) atoms. The molecule has 4 N–H and O–H groups in total. The van der Waals surface area contributed by atoms with Gasteiger partial charge in [0.25, 0.3) is 0 Å². The predicted octanol–water partition coefficient (Wildman–Crippen LogP) is 1.39. The van der Waals surface area contributed by atoms with E-state index >= 15 is 0 Å². The summed E-state index contributed by atoms with van der Waals surface area (Å²) in [6.45, 7) is 3.66. The van der Waals surface area contributed by atoms with Crippen molar-refractivity contribution in [2.45, 2.75) is 30.9 Å². The van der Waals surface area contributed by atoms with E-state index in [2.05, 4.69) is 21.7 Å². The molecule has 1 unspecified atom stereocenters. The largest absolute Gasteiger partial charge is 0.488 e. The van der Waals surface area contributed by atoms with Crippen molar-refractivity contribution in [1.29, 1.82) is 0 Å². The highest BCUT2D eigenvalue weighted by Gasteiger charge is 2.22. The first-order chi connectivity index (χ1) is 13.0. The Labute approximate surface area is 159 Å². The van der Waals surface area contributed by atoms with Crippen LogP contribution >= 0.6 is 0 Å². The summed E-state index contributed by atoms with van der Waals surface area (Å²) in [6, 6.07) is 14.5. The fourth-order valence-corrected chi connectivity index (χ4v) is 3.50. The van der Waals surface area contributed by atoms with Crippen molar-refractivity contribution in [3.05, 3.63) is 59.7 Å². The predicted molar refractivity (Wildman–Crippen MR) is 105 cm³/mol. The number of ether oxygens (including phenoxy) is 1. The number of fused-ring (bicyclic) bond motifs is 1. The van der Waals surface area contributed by atoms with Crippen LogP contribution in [0.15, 0.2) is 58.4 Å². The van der Waals surface area contributed by atoms with Crippen molar-refractivity contribution < 1.29 is 13.2 Å². The molecule has 0 saturated carbocycles. The Morgan fingerprint density at radius 3 is 2.78 bits per heavy atom. The Morgan fingerprint density at radius 2 is 2.04 bits per heavy atom. The van der Waals surface area contributed by atoms with Crippen molar-refractivity contribution in [3.63, 3.8) is 0 Å². The highest BCUT2D eigenvalue weighted by Crippen LogP contribution is 2.27. The monoisotopic (exact) mass is 388 g/mol. The summed E-state index contributed by atoms with van der Waals surface area (Å²) < 4.78 is 28.9. The van der Waals surface area contributed by atoms with Crippen LogP contribution in [0.2, 0.25) is 0 Å². The maximum Gasteiger partial charge on any atom is 0.238 e. The SMILES string of the molecule is CCNC(=NCc1cccc(S(N)(=O)=O)c1)NCC1Cc2ccccc2O1. The van der Waals surface area contributed by atoms with E-state index in [1.54, 1.807) is 12.1 Å². The molecule has 3 rings (SSSR count). The first kappa shape index (κ1) is 19.2. The summed E-state index contributed by atoms with van der Waals surface area (Å²) in [7, 11) is -3.72. The summed E-state index contributed by atoms with van der Waals surface area (Å²) >= 11 is 0. The molecule has 144 valence electrons. The Bertz CT molecular complexity index is 903. The molecule has 0 spiro atoms. The molecule has 1 heterocycles. The summed E-state index contributed by atoms with van der Waals surface area (Å²) in [6.07, 6.45) is 0.913. The van der Waals surface area contributed by atoms with E-state index in [9.17, 15) is 8.42 Å². The number of para-hydroxylation sites is 1. The third-order valence-corrected chi connectivity index (χ3v) is 5.11. The van der Waals surface area contributed by atoms with Gasteiger partial charge in [0.2, 0.25) is 10.0 Å². The molecule has 0 bridgehead atoms. The molecule has 0 aliphatic carbocycles. The van der Waals surface area contributed by atoms with Crippen LogP contribution in [-0.4, -0.2) is 33.6 Å². The molecule has 8 heteroatoms. The Morgan fingerprint density at radius 1 is 1.22 bits per heavy atom. The molecule has 0 fully saturated rings. The summed E-state index contributed by atoms with van der Waals surface area (Å²) in [5, 5.41) is 11.6. The Kier molecular flexibility index (Phi) is 5.98. The first-order valence-electron chi connectivity index (χ1n) is 8.84. The van der Waals surface area contributed by atoms with E-state index in [1.807, 2.05) is 31.2 Å². The van der Waals surface area contributed by atoms with Gasteiger partial charge in [-0.2, -0.15) is 0 Å². The van der Waals surface area contributed by atoms with Crippen molar-refractivity contribution in [2.24, 2.45) is 10.1 Å². The first-order valence-corrected chi connectivity index (χ1v) is 10.4. The highest BCUT2D eigenvalue weighted by molar-refractivity contribution is 7.89. The quantitative estimate of drug-likeness (QED) is 0.512. The second-order valence-electron chi connectivity index (χ2n) is 6.32. The number of nitrogens with one attached hydrogen (secondary N) is 2. The van der Waals surface area contributed by atoms with Crippen LogP contribution in [0.1, 0.15) is 18.1 Å². The summed E-state index contributed by atoms with van der Waals surface area (Å²) in [4.78, 5) is 4.61. The number of hydrogen-bond donors (Lipinski definition) is 3. The number of rotatable bonds is 6. The fourth-order valence-electron chi connectivity index (χ4n) is 2.91. The van der Waals surface area contributed by atoms with Crippen LogP contribution in [0, 0.1) is 0 Å². The van der Waals surface area contributed by atoms with Gasteiger partial charge in [0.1, 0.15) is 11.9 Å². The molecule has 0 amide bonds. The number of primary sulfonamides is 1. The van der Waals surface area contributed by atoms with Crippen LogP contribution in [-0.2, 0) is 23.0 Å². The van der Waals surface area contributed by atoms with Gasteiger partial charge in [0.05, 0.1) is 18.0 Å². The number of sulfonamides is 1. The summed E-state index contributed by atoms with van der Waals surface area (Å²) in [5.41, 5.74) is 1.98. The zero-order chi connectivity index (χ0) is 19.3. The van der Waals surface area contributed by atoms with Crippen molar-refractivity contribution in [1.82, 2.24) is 10.6 Å². The number of hydrogen-bond acceptors (Lipinski definition) is 4. The lowest BCUT2D eigenvalue weighted by molar-refractivity contribution is 0.235. The van der Waals surface area contributed by atoms with Crippen LogP contribution in [0.3, 0.4) is 0 Å². The molecule has 7 nitrogen and oxygen atoms in total. The minimum Gasteiger partial charge on any atom is -0.488 e. The maximum atomic E-state index is 11.5. The van der Waals surface area contributed by atoms with Gasteiger partial charge in [-0.25, -0.2) is 18.5 Å². The third kappa shape index (κ3) is 5.21. The number of aliphatic imine (C=N–C) groups is 1. The molecule has 2 aromatic carbocycles. The lowest BCUT2D eigenvalue weighted by Gasteiger charge is -2.15. The lowest BCUT2D eigenvalue weighted by Crippen LogP contribution is -2.42. The van der Waals surface area contributed by atoms with Crippen molar-refractivity contribution >= 4 is 16.0 Å². The van der Waals surface area contributed by atoms with Gasteiger partial charge in [-0.15, -0.1) is 0 Å². The lowest BCUT2D eigenvalue weighted by atomic mass is 10.1. The van der Waals surface area contributed by atoms with Crippen LogP contribution in [0.4, 0.5) is 0 Å². The topological polar surface area (TPSA) is 106 Å². The molecule has 0 aromatic heterocycles. The minimum absolute atomic E-state index is 0.0527. The zero-order valence-electron chi connectivity index (χ0n) is 15.2. The number of nitrogens with two attached hydrogens (primary N) is 1. The van der Waals surface area contributed by atoms with Gasteiger partial charge in [0, 0.05) is 13.0 Å². The standard InChI is InChI=1S/C19H24N4O3S/c1-2-21-19(22-12-14-6-5-8-17(10-14)27(20,24)25)23-13-16-11-15-7-3-4-9-18(15)26-16/h3-10,16H,2,11-13H2,1H3,(H2,20,24,25)(H2,21,22,23). The molecule has 1 aliphatic rings. The molecule has 0 radical (unpaired) electrons. The van der Waals surface area contributed by atoms with E-state index in [4.69, 9.17) is 9.88 Å². The van der Waals surface area contributed by atoms with Gasteiger partial charge < -0.3 is 15.4 Å². The highest BCUT2D eigenvalue weighted by atomic mass is 32.2. The van der Waals surface area contributed by atoms with E-state index < -0.39 is 10.0 Å².